The zero-order valence-corrected chi connectivity index (χ0v) is 17.2. The number of thiol groups is 1. The van der Waals surface area contributed by atoms with Crippen LogP contribution in [0.3, 0.4) is 0 Å². The summed E-state index contributed by atoms with van der Waals surface area (Å²) in [6.07, 6.45) is 0.708. The van der Waals surface area contributed by atoms with Crippen LogP contribution in [0.15, 0.2) is 0 Å². The maximum atomic E-state index is 12.6. The third-order valence-corrected chi connectivity index (χ3v) is 4.80. The molecule has 0 aromatic carbocycles. The molecule has 164 valence electrons. The molecule has 0 bridgehead atoms. The van der Waals surface area contributed by atoms with Gasteiger partial charge >= 0.3 is 11.9 Å². The molecule has 1 aliphatic heterocycles. The molecule has 1 saturated heterocycles. The lowest BCUT2D eigenvalue weighted by atomic mass is 10.0. The van der Waals surface area contributed by atoms with E-state index in [1.807, 2.05) is 0 Å². The summed E-state index contributed by atoms with van der Waals surface area (Å²) in [6.45, 7) is 3.98. The van der Waals surface area contributed by atoms with Gasteiger partial charge in [-0.25, -0.2) is 4.79 Å². The molecular formula is C17H28N4O7S. The van der Waals surface area contributed by atoms with Crippen LogP contribution in [0, 0.1) is 5.92 Å². The van der Waals surface area contributed by atoms with Crippen molar-refractivity contribution in [3.05, 3.63) is 0 Å². The van der Waals surface area contributed by atoms with Gasteiger partial charge in [0.15, 0.2) is 0 Å². The van der Waals surface area contributed by atoms with Crippen molar-refractivity contribution in [1.29, 1.82) is 0 Å². The van der Waals surface area contributed by atoms with E-state index in [0.29, 0.717) is 13.0 Å². The highest BCUT2D eigenvalue weighted by Crippen LogP contribution is 2.07. The third-order valence-electron chi connectivity index (χ3n) is 4.43. The van der Waals surface area contributed by atoms with Crippen molar-refractivity contribution in [3.63, 3.8) is 0 Å². The van der Waals surface area contributed by atoms with Crippen LogP contribution in [0.25, 0.3) is 0 Å². The molecular weight excluding hydrogens is 404 g/mol. The second-order valence-corrected chi connectivity index (χ2v) is 7.49. The monoisotopic (exact) mass is 432 g/mol. The number of aliphatic carboxylic acids is 2. The van der Waals surface area contributed by atoms with Crippen LogP contribution in [0.4, 0.5) is 0 Å². The van der Waals surface area contributed by atoms with Gasteiger partial charge in [0.05, 0.1) is 12.5 Å². The minimum atomic E-state index is -1.63. The lowest BCUT2D eigenvalue weighted by molar-refractivity contribution is -0.147. The Balaban J connectivity index is 2.77. The summed E-state index contributed by atoms with van der Waals surface area (Å²) >= 11 is 4.08. The first-order chi connectivity index (χ1) is 13.6. The smallest absolute Gasteiger partial charge is 0.326 e. The van der Waals surface area contributed by atoms with Crippen LogP contribution in [0.5, 0.6) is 0 Å². The van der Waals surface area contributed by atoms with Gasteiger partial charge in [0.1, 0.15) is 18.1 Å². The van der Waals surface area contributed by atoms with E-state index < -0.39 is 54.2 Å². The van der Waals surface area contributed by atoms with Gasteiger partial charge in [-0.1, -0.05) is 13.8 Å². The van der Waals surface area contributed by atoms with Gasteiger partial charge in [-0.15, -0.1) is 0 Å². The van der Waals surface area contributed by atoms with Gasteiger partial charge < -0.3 is 31.5 Å². The summed E-state index contributed by atoms with van der Waals surface area (Å²) in [4.78, 5) is 59.2. The lowest BCUT2D eigenvalue weighted by Gasteiger charge is -2.26. The number of carbonyl (C=O) groups excluding carboxylic acids is 3. The molecule has 11 nitrogen and oxygen atoms in total. The molecule has 0 aliphatic carbocycles. The molecule has 1 aliphatic rings. The molecule has 29 heavy (non-hydrogen) atoms. The van der Waals surface area contributed by atoms with E-state index in [-0.39, 0.29) is 17.7 Å². The Labute approximate surface area is 173 Å². The summed E-state index contributed by atoms with van der Waals surface area (Å²) < 4.78 is 0. The molecule has 0 aromatic heterocycles. The maximum Gasteiger partial charge on any atom is 0.326 e. The number of hydrogen-bond donors (Lipinski definition) is 7. The highest BCUT2D eigenvalue weighted by Gasteiger charge is 2.32. The summed E-state index contributed by atoms with van der Waals surface area (Å²) in [5.41, 5.74) is 0. The lowest BCUT2D eigenvalue weighted by Crippen LogP contribution is -2.59. The van der Waals surface area contributed by atoms with E-state index in [1.165, 1.54) is 0 Å². The molecule has 4 atom stereocenters. The molecule has 0 aromatic rings. The fraction of sp³-hybridized carbons (Fsp3) is 0.706. The van der Waals surface area contributed by atoms with E-state index in [0.717, 1.165) is 6.42 Å². The van der Waals surface area contributed by atoms with Crippen LogP contribution in [-0.2, 0) is 24.0 Å². The second kappa shape index (κ2) is 11.6. The van der Waals surface area contributed by atoms with E-state index >= 15 is 0 Å². The number of amides is 3. The molecule has 0 radical (unpaired) electrons. The Morgan fingerprint density at radius 2 is 1.69 bits per heavy atom. The molecule has 12 heteroatoms. The molecule has 0 saturated carbocycles. The van der Waals surface area contributed by atoms with Crippen LogP contribution in [-0.4, -0.2) is 76.3 Å². The summed E-state index contributed by atoms with van der Waals surface area (Å²) in [7, 11) is 0. The maximum absolute atomic E-state index is 12.6. The summed E-state index contributed by atoms with van der Waals surface area (Å²) in [5.74, 6) is -5.14. The Bertz CT molecular complexity index is 637. The average molecular weight is 432 g/mol. The molecule has 4 unspecified atom stereocenters. The number of hydrogen-bond acceptors (Lipinski definition) is 7. The van der Waals surface area contributed by atoms with Crippen molar-refractivity contribution in [3.8, 4) is 0 Å². The van der Waals surface area contributed by atoms with Gasteiger partial charge in [0, 0.05) is 5.75 Å². The van der Waals surface area contributed by atoms with Gasteiger partial charge in [-0.05, 0) is 25.3 Å². The predicted octanol–water partition coefficient (Wildman–Crippen LogP) is -1.66. The SMILES string of the molecule is CC(C)C(NC(=O)C(CS)NC(=O)C1CCCN1)C(=O)NC(CC(=O)O)C(=O)O. The molecule has 1 heterocycles. The van der Waals surface area contributed by atoms with Gasteiger partial charge in [0.2, 0.25) is 17.7 Å². The highest BCUT2D eigenvalue weighted by molar-refractivity contribution is 7.80. The van der Waals surface area contributed by atoms with Crippen LogP contribution < -0.4 is 21.3 Å². The number of nitrogens with one attached hydrogen (secondary N) is 4. The van der Waals surface area contributed by atoms with Crippen molar-refractivity contribution in [2.45, 2.75) is 57.3 Å². The topological polar surface area (TPSA) is 174 Å². The number of carbonyl (C=O) groups is 5. The fourth-order valence-corrected chi connectivity index (χ4v) is 3.06. The Kier molecular flexibility index (Phi) is 9.89. The first-order valence-corrected chi connectivity index (χ1v) is 9.90. The van der Waals surface area contributed by atoms with E-state index in [4.69, 9.17) is 10.2 Å². The Morgan fingerprint density at radius 1 is 1.03 bits per heavy atom. The molecule has 1 rings (SSSR count). The standard InChI is InChI=1S/C17H28N4O7S/c1-8(2)13(16(26)19-10(17(27)28)6-12(22)23)21-15(25)11(7-29)20-14(24)9-4-3-5-18-9/h8-11,13,18,29H,3-7H2,1-2H3,(H,19,26)(H,20,24)(H,21,25)(H,22,23)(H,27,28). The van der Waals surface area contributed by atoms with Crippen LogP contribution >= 0.6 is 12.6 Å². The van der Waals surface area contributed by atoms with Crippen LogP contribution in [0.2, 0.25) is 0 Å². The average Bonchev–Trinajstić information content (AvgIpc) is 3.17. The third kappa shape index (κ3) is 7.89. The van der Waals surface area contributed by atoms with E-state index in [9.17, 15) is 24.0 Å². The normalized spacial score (nSPS) is 19.1. The predicted molar refractivity (Wildman–Crippen MR) is 105 cm³/mol. The molecule has 0 spiro atoms. The first-order valence-electron chi connectivity index (χ1n) is 9.26. The Morgan fingerprint density at radius 3 is 2.14 bits per heavy atom. The minimum Gasteiger partial charge on any atom is -0.481 e. The van der Waals surface area contributed by atoms with Crippen molar-refractivity contribution in [1.82, 2.24) is 21.3 Å². The van der Waals surface area contributed by atoms with Crippen molar-refractivity contribution in [2.24, 2.45) is 5.92 Å². The first kappa shape index (κ1) is 24.7. The summed E-state index contributed by atoms with van der Waals surface area (Å²) in [5, 5.41) is 28.1. The zero-order chi connectivity index (χ0) is 22.1. The zero-order valence-electron chi connectivity index (χ0n) is 16.3. The fourth-order valence-electron chi connectivity index (χ4n) is 2.80. The highest BCUT2D eigenvalue weighted by atomic mass is 32.1. The van der Waals surface area contributed by atoms with Gasteiger partial charge in [-0.2, -0.15) is 12.6 Å². The van der Waals surface area contributed by atoms with Crippen LogP contribution in [0.1, 0.15) is 33.1 Å². The van der Waals surface area contributed by atoms with E-state index in [1.54, 1.807) is 13.8 Å². The van der Waals surface area contributed by atoms with Crippen molar-refractivity contribution < 1.29 is 34.2 Å². The minimum absolute atomic E-state index is 0.00646. The molecule has 1 fully saturated rings. The number of carboxylic acids is 2. The molecule has 6 N–H and O–H groups in total. The van der Waals surface area contributed by atoms with E-state index in [2.05, 4.69) is 33.9 Å². The van der Waals surface area contributed by atoms with Gasteiger partial charge in [-0.3, -0.25) is 19.2 Å². The molecule has 3 amide bonds. The quantitative estimate of drug-likeness (QED) is 0.190. The second-order valence-electron chi connectivity index (χ2n) is 7.12. The Hall–Kier alpha value is -2.34. The summed E-state index contributed by atoms with van der Waals surface area (Å²) in [6, 6.07) is -4.13. The van der Waals surface area contributed by atoms with Gasteiger partial charge in [0.25, 0.3) is 0 Å². The largest absolute Gasteiger partial charge is 0.481 e. The number of carboxylic acid groups (broad SMARTS) is 2. The van der Waals surface area contributed by atoms with Crippen molar-refractivity contribution >= 4 is 42.3 Å². The number of rotatable bonds is 11. The van der Waals surface area contributed by atoms with Crippen molar-refractivity contribution in [2.75, 3.05) is 12.3 Å².